The molecule has 2 aliphatic rings. The highest BCUT2D eigenvalue weighted by Crippen LogP contribution is 2.48. The Morgan fingerprint density at radius 1 is 1.20 bits per heavy atom. The smallest absolute Gasteiger partial charge is 0.0813 e. The molecule has 0 aromatic carbocycles. The Bertz CT molecular complexity index is 216. The van der Waals surface area contributed by atoms with Crippen molar-refractivity contribution < 1.29 is 4.84 Å². The van der Waals surface area contributed by atoms with Gasteiger partial charge in [-0.05, 0) is 65.0 Å². The van der Waals surface area contributed by atoms with Gasteiger partial charge < -0.3 is 5.32 Å². The highest BCUT2D eigenvalue weighted by atomic mass is 16.7. The summed E-state index contributed by atoms with van der Waals surface area (Å²) >= 11 is 0. The molecule has 0 amide bonds. The van der Waals surface area contributed by atoms with Gasteiger partial charge in [0.15, 0.2) is 0 Å². The van der Waals surface area contributed by atoms with E-state index in [1.54, 1.807) is 0 Å². The Hall–Kier alpha value is -0.120. The van der Waals surface area contributed by atoms with E-state index < -0.39 is 0 Å². The van der Waals surface area contributed by atoms with Gasteiger partial charge in [-0.2, -0.15) is 5.48 Å². The molecule has 0 radical (unpaired) electrons. The third-order valence-corrected chi connectivity index (χ3v) is 3.78. The lowest BCUT2D eigenvalue weighted by atomic mass is 9.60. The van der Waals surface area contributed by atoms with Gasteiger partial charge in [0, 0.05) is 6.04 Å². The maximum Gasteiger partial charge on any atom is 0.0813 e. The van der Waals surface area contributed by atoms with E-state index in [1.165, 1.54) is 38.8 Å². The molecule has 0 aromatic heterocycles. The molecule has 1 spiro atoms. The largest absolute Gasteiger partial charge is 0.317 e. The first-order valence-electron chi connectivity index (χ1n) is 6.16. The minimum Gasteiger partial charge on any atom is -0.317 e. The molecule has 0 aromatic rings. The van der Waals surface area contributed by atoms with Crippen molar-refractivity contribution in [1.82, 2.24) is 10.8 Å². The molecule has 15 heavy (non-hydrogen) atoms. The van der Waals surface area contributed by atoms with Crippen LogP contribution in [0.5, 0.6) is 0 Å². The van der Waals surface area contributed by atoms with Crippen LogP contribution in [0, 0.1) is 5.41 Å². The molecule has 2 N–H and O–H groups in total. The molecule has 1 saturated carbocycles. The zero-order valence-corrected chi connectivity index (χ0v) is 10.2. The molecule has 1 atom stereocenters. The molecule has 1 heterocycles. The third-order valence-electron chi connectivity index (χ3n) is 3.78. The Labute approximate surface area is 92.9 Å². The fourth-order valence-corrected chi connectivity index (χ4v) is 2.65. The van der Waals surface area contributed by atoms with Gasteiger partial charge in [0.2, 0.25) is 0 Å². The Morgan fingerprint density at radius 2 is 1.87 bits per heavy atom. The average Bonchev–Trinajstić information content (AvgIpc) is 2.16. The van der Waals surface area contributed by atoms with E-state index in [1.807, 2.05) is 0 Å². The van der Waals surface area contributed by atoms with Crippen LogP contribution in [0.3, 0.4) is 0 Å². The van der Waals surface area contributed by atoms with Gasteiger partial charge in [-0.3, -0.25) is 4.84 Å². The van der Waals surface area contributed by atoms with Crippen LogP contribution in [0.2, 0.25) is 0 Å². The third kappa shape index (κ3) is 2.52. The summed E-state index contributed by atoms with van der Waals surface area (Å²) in [5, 5.41) is 3.43. The van der Waals surface area contributed by atoms with Crippen molar-refractivity contribution in [3.63, 3.8) is 0 Å². The lowest BCUT2D eigenvalue weighted by molar-refractivity contribution is -0.139. The Morgan fingerprint density at radius 3 is 2.33 bits per heavy atom. The zero-order valence-electron chi connectivity index (χ0n) is 10.2. The van der Waals surface area contributed by atoms with Crippen LogP contribution in [0.15, 0.2) is 0 Å². The molecular formula is C12H24N2O. The molecular weight excluding hydrogens is 188 g/mol. The molecule has 1 aliphatic carbocycles. The molecule has 2 fully saturated rings. The minimum atomic E-state index is -0.0797. The fraction of sp³-hybridized carbons (Fsp3) is 1.00. The lowest BCUT2D eigenvalue weighted by Crippen LogP contribution is -2.58. The van der Waals surface area contributed by atoms with Gasteiger partial charge in [-0.15, -0.1) is 0 Å². The van der Waals surface area contributed by atoms with Crippen molar-refractivity contribution in [2.24, 2.45) is 5.41 Å². The van der Waals surface area contributed by atoms with E-state index in [9.17, 15) is 0 Å². The van der Waals surface area contributed by atoms with E-state index >= 15 is 0 Å². The first-order valence-corrected chi connectivity index (χ1v) is 6.16. The van der Waals surface area contributed by atoms with Gasteiger partial charge >= 0.3 is 0 Å². The number of nitrogens with one attached hydrogen (secondary N) is 2. The first-order chi connectivity index (χ1) is 7.02. The summed E-state index contributed by atoms with van der Waals surface area (Å²) in [7, 11) is 0. The summed E-state index contributed by atoms with van der Waals surface area (Å²) in [6.07, 6.45) is 5.26. The summed E-state index contributed by atoms with van der Waals surface area (Å²) in [5.41, 5.74) is 3.75. The highest BCUT2D eigenvalue weighted by molar-refractivity contribution is 5.01. The summed E-state index contributed by atoms with van der Waals surface area (Å²) in [6, 6.07) is 0.582. The lowest BCUT2D eigenvalue weighted by Gasteiger charge is -2.52. The van der Waals surface area contributed by atoms with Crippen LogP contribution in [-0.2, 0) is 4.84 Å². The summed E-state index contributed by atoms with van der Waals surface area (Å²) in [6.45, 7) is 8.62. The van der Waals surface area contributed by atoms with Crippen LogP contribution in [-0.4, -0.2) is 24.7 Å². The highest BCUT2D eigenvalue weighted by Gasteiger charge is 2.47. The number of piperidine rings is 1. The van der Waals surface area contributed by atoms with Gasteiger partial charge in [0.05, 0.1) is 5.60 Å². The maximum absolute atomic E-state index is 5.69. The predicted octanol–water partition coefficient (Wildman–Crippen LogP) is 1.84. The van der Waals surface area contributed by atoms with Gasteiger partial charge in [-0.25, -0.2) is 0 Å². The number of hydrogen-bond acceptors (Lipinski definition) is 3. The van der Waals surface area contributed by atoms with Crippen molar-refractivity contribution in [2.45, 2.75) is 58.1 Å². The summed E-state index contributed by atoms with van der Waals surface area (Å²) in [4.78, 5) is 5.69. The second kappa shape index (κ2) is 4.04. The SMILES string of the molecule is CC(C)(C)ON[C@H]1CCC12CCNCC2. The molecule has 1 aliphatic heterocycles. The van der Waals surface area contributed by atoms with E-state index in [2.05, 4.69) is 31.6 Å². The van der Waals surface area contributed by atoms with Crippen molar-refractivity contribution in [3.8, 4) is 0 Å². The van der Waals surface area contributed by atoms with Crippen molar-refractivity contribution >= 4 is 0 Å². The average molecular weight is 212 g/mol. The molecule has 0 bridgehead atoms. The molecule has 88 valence electrons. The number of rotatable bonds is 2. The second-order valence-electron chi connectivity index (χ2n) is 6.04. The van der Waals surface area contributed by atoms with Crippen molar-refractivity contribution in [2.75, 3.05) is 13.1 Å². The van der Waals surface area contributed by atoms with E-state index in [-0.39, 0.29) is 5.60 Å². The minimum absolute atomic E-state index is 0.0797. The molecule has 2 rings (SSSR count). The molecule has 0 unspecified atom stereocenters. The maximum atomic E-state index is 5.69. The van der Waals surface area contributed by atoms with E-state index in [4.69, 9.17) is 4.84 Å². The van der Waals surface area contributed by atoms with E-state index in [0.29, 0.717) is 11.5 Å². The van der Waals surface area contributed by atoms with Gasteiger partial charge in [-0.1, -0.05) is 0 Å². The Balaban J connectivity index is 1.83. The molecule has 3 nitrogen and oxygen atoms in total. The van der Waals surface area contributed by atoms with Crippen molar-refractivity contribution in [1.29, 1.82) is 0 Å². The van der Waals surface area contributed by atoms with Crippen LogP contribution in [0.25, 0.3) is 0 Å². The van der Waals surface area contributed by atoms with E-state index in [0.717, 1.165) is 0 Å². The summed E-state index contributed by atoms with van der Waals surface area (Å²) in [5.74, 6) is 0. The molecule has 3 heteroatoms. The number of hydrogen-bond donors (Lipinski definition) is 2. The van der Waals surface area contributed by atoms with Crippen LogP contribution in [0.1, 0.15) is 46.5 Å². The first kappa shape index (κ1) is 11.4. The van der Waals surface area contributed by atoms with Crippen LogP contribution in [0.4, 0.5) is 0 Å². The van der Waals surface area contributed by atoms with Crippen LogP contribution < -0.4 is 10.8 Å². The zero-order chi connectivity index (χ0) is 10.9. The van der Waals surface area contributed by atoms with Crippen molar-refractivity contribution in [3.05, 3.63) is 0 Å². The second-order valence-corrected chi connectivity index (χ2v) is 6.04. The standard InChI is InChI=1S/C12H24N2O/c1-11(2,3)15-14-10-4-5-12(10)6-8-13-9-7-12/h10,13-14H,4-9H2,1-3H3/t10-/m0/s1. The monoisotopic (exact) mass is 212 g/mol. The van der Waals surface area contributed by atoms with Crippen LogP contribution >= 0.6 is 0 Å². The van der Waals surface area contributed by atoms with Gasteiger partial charge in [0.1, 0.15) is 0 Å². The number of hydroxylamine groups is 1. The predicted molar refractivity (Wildman–Crippen MR) is 61.5 cm³/mol. The van der Waals surface area contributed by atoms with Gasteiger partial charge in [0.25, 0.3) is 0 Å². The quantitative estimate of drug-likeness (QED) is 0.685. The molecule has 1 saturated heterocycles. The topological polar surface area (TPSA) is 33.3 Å². The normalized spacial score (nSPS) is 30.2. The Kier molecular flexibility index (Phi) is 3.06. The summed E-state index contributed by atoms with van der Waals surface area (Å²) < 4.78 is 0. The fourth-order valence-electron chi connectivity index (χ4n) is 2.65.